The summed E-state index contributed by atoms with van der Waals surface area (Å²) in [4.78, 5) is 0. The molecule has 3 rings (SSSR count). The highest BCUT2D eigenvalue weighted by Gasteiger charge is 2.33. The van der Waals surface area contributed by atoms with Gasteiger partial charge in [0, 0.05) is 24.8 Å². The average Bonchev–Trinajstić information content (AvgIpc) is 2.92. The molecule has 0 radical (unpaired) electrons. The van der Waals surface area contributed by atoms with E-state index in [1.54, 1.807) is 4.68 Å². The van der Waals surface area contributed by atoms with Crippen LogP contribution in [0.4, 0.5) is 0 Å². The number of aliphatic hydroxyl groups is 1. The highest BCUT2D eigenvalue weighted by molar-refractivity contribution is 7.91. The molecule has 1 N–H and O–H groups in total. The minimum Gasteiger partial charge on any atom is -0.392 e. The van der Waals surface area contributed by atoms with Gasteiger partial charge < -0.3 is 5.11 Å². The Labute approximate surface area is 118 Å². The summed E-state index contributed by atoms with van der Waals surface area (Å²) in [6.45, 7) is 0. The number of nitrogens with zero attached hydrogens (tertiary/aromatic N) is 2. The second kappa shape index (κ2) is 4.86. The number of hydrogen-bond acceptors (Lipinski definition) is 4. The van der Waals surface area contributed by atoms with Crippen LogP contribution in [-0.2, 0) is 23.3 Å². The monoisotopic (exact) mass is 294 g/mol. The van der Waals surface area contributed by atoms with Gasteiger partial charge in [-0.15, -0.1) is 0 Å². The molecule has 5 nitrogen and oxygen atoms in total. The summed E-state index contributed by atoms with van der Waals surface area (Å²) < 4.78 is 24.8. The molecular formula is C14H18N2O3S. The third-order valence-corrected chi connectivity index (χ3v) is 5.84. The Morgan fingerprint density at radius 3 is 2.90 bits per heavy atom. The van der Waals surface area contributed by atoms with Crippen molar-refractivity contribution in [2.75, 3.05) is 11.5 Å². The van der Waals surface area contributed by atoms with Gasteiger partial charge in [0.25, 0.3) is 0 Å². The first-order valence-electron chi connectivity index (χ1n) is 6.75. The van der Waals surface area contributed by atoms with Crippen LogP contribution in [0.2, 0.25) is 0 Å². The molecule has 0 amide bonds. The molecule has 0 saturated carbocycles. The van der Waals surface area contributed by atoms with Crippen LogP contribution >= 0.6 is 0 Å². The summed E-state index contributed by atoms with van der Waals surface area (Å²) in [6.07, 6.45) is 0.307. The average molecular weight is 294 g/mol. The fraction of sp³-hybridized carbons (Fsp3) is 0.500. The van der Waals surface area contributed by atoms with Gasteiger partial charge in [-0.1, -0.05) is 18.2 Å². The lowest BCUT2D eigenvalue weighted by Gasteiger charge is -2.15. The predicted octanol–water partition coefficient (Wildman–Crippen LogP) is 0.911. The number of fused-ring (bicyclic) bond motifs is 1. The lowest BCUT2D eigenvalue weighted by atomic mass is 9.97. The number of para-hydroxylation sites is 1. The van der Waals surface area contributed by atoms with Gasteiger partial charge in [-0.05, 0) is 12.5 Å². The number of aliphatic hydroxyl groups excluding tert-OH is 1. The van der Waals surface area contributed by atoms with Gasteiger partial charge in [0.05, 0.1) is 28.8 Å². The van der Waals surface area contributed by atoms with Crippen molar-refractivity contribution in [2.45, 2.75) is 18.9 Å². The number of aryl methyl sites for hydroxylation is 1. The molecule has 0 bridgehead atoms. The van der Waals surface area contributed by atoms with Crippen molar-refractivity contribution in [1.82, 2.24) is 9.78 Å². The molecule has 1 fully saturated rings. The van der Waals surface area contributed by atoms with Crippen molar-refractivity contribution < 1.29 is 13.5 Å². The van der Waals surface area contributed by atoms with Gasteiger partial charge in [-0.25, -0.2) is 8.42 Å². The first-order chi connectivity index (χ1) is 9.46. The Morgan fingerprint density at radius 2 is 2.20 bits per heavy atom. The lowest BCUT2D eigenvalue weighted by Crippen LogP contribution is -2.24. The van der Waals surface area contributed by atoms with Gasteiger partial charge in [-0.3, -0.25) is 4.68 Å². The van der Waals surface area contributed by atoms with E-state index in [-0.39, 0.29) is 17.4 Å². The van der Waals surface area contributed by atoms with Crippen molar-refractivity contribution in [3.63, 3.8) is 0 Å². The van der Waals surface area contributed by atoms with E-state index in [1.165, 1.54) is 0 Å². The topological polar surface area (TPSA) is 72.2 Å². The summed E-state index contributed by atoms with van der Waals surface area (Å²) in [5.74, 6) is 0.122. The van der Waals surface area contributed by atoms with Gasteiger partial charge in [-0.2, -0.15) is 5.10 Å². The summed E-state index contributed by atoms with van der Waals surface area (Å²) in [6, 6.07) is 7.86. The van der Waals surface area contributed by atoms with E-state index in [0.717, 1.165) is 16.6 Å². The van der Waals surface area contributed by atoms with Crippen LogP contribution in [0, 0.1) is 5.92 Å². The molecule has 2 atom stereocenters. The molecule has 108 valence electrons. The Balaban J connectivity index is 1.83. The zero-order valence-corrected chi connectivity index (χ0v) is 12.2. The molecule has 0 aliphatic carbocycles. The largest absolute Gasteiger partial charge is 0.392 e. The maximum Gasteiger partial charge on any atom is 0.150 e. The second-order valence-corrected chi connectivity index (χ2v) is 7.75. The summed E-state index contributed by atoms with van der Waals surface area (Å²) >= 11 is 0. The third kappa shape index (κ3) is 2.45. The minimum absolute atomic E-state index is 0.0962. The number of sulfone groups is 1. The smallest absolute Gasteiger partial charge is 0.150 e. The van der Waals surface area contributed by atoms with Crippen molar-refractivity contribution in [3.8, 4) is 0 Å². The van der Waals surface area contributed by atoms with E-state index in [1.807, 2.05) is 31.3 Å². The van der Waals surface area contributed by atoms with E-state index >= 15 is 0 Å². The quantitative estimate of drug-likeness (QED) is 0.913. The number of benzene rings is 1. The van der Waals surface area contributed by atoms with Crippen molar-refractivity contribution in [3.05, 3.63) is 30.0 Å². The van der Waals surface area contributed by atoms with E-state index in [0.29, 0.717) is 12.8 Å². The first-order valence-corrected chi connectivity index (χ1v) is 8.57. The van der Waals surface area contributed by atoms with Crippen LogP contribution in [-0.4, -0.2) is 40.9 Å². The summed E-state index contributed by atoms with van der Waals surface area (Å²) in [5.41, 5.74) is 1.86. The highest BCUT2D eigenvalue weighted by Crippen LogP contribution is 2.26. The number of hydrogen-bond donors (Lipinski definition) is 1. The van der Waals surface area contributed by atoms with Gasteiger partial charge in [0.2, 0.25) is 0 Å². The van der Waals surface area contributed by atoms with E-state index in [2.05, 4.69) is 5.10 Å². The van der Waals surface area contributed by atoms with Crippen LogP contribution in [0.3, 0.4) is 0 Å². The molecule has 1 aliphatic heterocycles. The Hall–Kier alpha value is -1.40. The Bertz CT molecular complexity index is 736. The Morgan fingerprint density at radius 1 is 1.45 bits per heavy atom. The molecule has 0 spiro atoms. The highest BCUT2D eigenvalue weighted by atomic mass is 32.2. The second-order valence-electron chi connectivity index (χ2n) is 5.52. The SMILES string of the molecule is Cn1nc(CC(O)C2CCS(=O)(=O)C2)c2ccccc21. The molecule has 1 aromatic carbocycles. The summed E-state index contributed by atoms with van der Waals surface area (Å²) in [7, 11) is -1.08. The first kappa shape index (κ1) is 13.6. The van der Waals surface area contributed by atoms with Crippen molar-refractivity contribution in [1.29, 1.82) is 0 Å². The fourth-order valence-corrected chi connectivity index (χ4v) is 4.80. The van der Waals surface area contributed by atoms with Crippen LogP contribution < -0.4 is 0 Å². The van der Waals surface area contributed by atoms with E-state index < -0.39 is 15.9 Å². The van der Waals surface area contributed by atoms with Crippen molar-refractivity contribution in [2.24, 2.45) is 13.0 Å². The van der Waals surface area contributed by atoms with Crippen LogP contribution in [0.1, 0.15) is 12.1 Å². The number of aromatic nitrogens is 2. The van der Waals surface area contributed by atoms with Crippen LogP contribution in [0.15, 0.2) is 24.3 Å². The molecule has 20 heavy (non-hydrogen) atoms. The van der Waals surface area contributed by atoms with Gasteiger partial charge in [0.1, 0.15) is 0 Å². The van der Waals surface area contributed by atoms with E-state index in [4.69, 9.17) is 0 Å². The molecule has 2 aromatic rings. The normalized spacial score (nSPS) is 23.2. The summed E-state index contributed by atoms with van der Waals surface area (Å²) in [5, 5.41) is 15.8. The molecule has 6 heteroatoms. The van der Waals surface area contributed by atoms with Gasteiger partial charge >= 0.3 is 0 Å². The predicted molar refractivity (Wildman–Crippen MR) is 77.2 cm³/mol. The fourth-order valence-electron chi connectivity index (χ4n) is 2.93. The van der Waals surface area contributed by atoms with Gasteiger partial charge in [0.15, 0.2) is 9.84 Å². The molecule has 1 aliphatic rings. The lowest BCUT2D eigenvalue weighted by molar-refractivity contribution is 0.119. The molecule has 2 heterocycles. The van der Waals surface area contributed by atoms with E-state index in [9.17, 15) is 13.5 Å². The molecule has 1 aromatic heterocycles. The van der Waals surface area contributed by atoms with Crippen molar-refractivity contribution >= 4 is 20.7 Å². The molecular weight excluding hydrogens is 276 g/mol. The zero-order valence-electron chi connectivity index (χ0n) is 11.4. The number of rotatable bonds is 3. The standard InChI is InChI=1S/C14H18N2O3S/c1-16-13-5-3-2-4-11(13)12(15-16)8-14(17)10-6-7-20(18,19)9-10/h2-5,10,14,17H,6-9H2,1H3. The minimum atomic E-state index is -2.96. The maximum absolute atomic E-state index is 11.5. The Kier molecular flexibility index (Phi) is 3.30. The maximum atomic E-state index is 11.5. The molecule has 1 saturated heterocycles. The zero-order chi connectivity index (χ0) is 14.3. The molecule has 2 unspecified atom stereocenters. The van der Waals surface area contributed by atoms with Crippen LogP contribution in [0.5, 0.6) is 0 Å². The third-order valence-electron chi connectivity index (χ3n) is 4.05. The van der Waals surface area contributed by atoms with Crippen LogP contribution in [0.25, 0.3) is 10.9 Å².